The van der Waals surface area contributed by atoms with Crippen LogP contribution < -0.4 is 11.1 Å². The summed E-state index contributed by atoms with van der Waals surface area (Å²) < 4.78 is 43.3. The molecule has 0 unspecified atom stereocenters. The van der Waals surface area contributed by atoms with Crippen molar-refractivity contribution in [2.45, 2.75) is 24.7 Å². The Hall–Kier alpha value is -3.70. The van der Waals surface area contributed by atoms with Gasteiger partial charge in [-0.25, -0.2) is 0 Å². The highest BCUT2D eigenvalue weighted by molar-refractivity contribution is 5.86. The highest BCUT2D eigenvalue weighted by atomic mass is 19.4. The molecule has 0 saturated heterocycles. The molecular weight excluding hydrogens is 439 g/mol. The second kappa shape index (κ2) is 9.04. The van der Waals surface area contributed by atoms with Crippen LogP contribution in [-0.2, 0) is 17.4 Å². The molecule has 5 N–H and O–H groups in total. The van der Waals surface area contributed by atoms with E-state index in [2.05, 4.69) is 20.4 Å². The lowest BCUT2D eigenvalue weighted by atomic mass is 10.0. The van der Waals surface area contributed by atoms with Crippen molar-refractivity contribution in [3.63, 3.8) is 0 Å². The first kappa shape index (κ1) is 22.5. The van der Waals surface area contributed by atoms with Crippen LogP contribution in [0.2, 0.25) is 0 Å². The maximum atomic E-state index is 12.7. The fourth-order valence-electron chi connectivity index (χ4n) is 3.40. The molecule has 11 heteroatoms. The number of aliphatic hydroxyl groups excluding tert-OH is 1. The topological polar surface area (TPSA) is 130 Å². The number of fused-ring (bicyclic) bond motifs is 1. The Kier molecular flexibility index (Phi) is 6.16. The van der Waals surface area contributed by atoms with Crippen LogP contribution in [0.3, 0.4) is 0 Å². The highest BCUT2D eigenvalue weighted by Crippen LogP contribution is 2.30. The average molecular weight is 459 g/mol. The zero-order valence-electron chi connectivity index (χ0n) is 17.1. The zero-order valence-corrected chi connectivity index (χ0v) is 17.1. The predicted molar refractivity (Wildman–Crippen MR) is 113 cm³/mol. The standard InChI is InChI=1S/C22H20F3N5O3/c23-22(24,25)14-7-5-12(6-8-14)19-29-21(33-30-19)18(11-31)28-20(32)16(26)9-13-10-27-17-4-2-1-3-15(13)17/h1-8,10,16,18,27,31H,9,11,26H2,(H,28,32)/t16-,18-/m0/s1. The molecule has 2 aromatic heterocycles. The van der Waals surface area contributed by atoms with Gasteiger partial charge in [-0.05, 0) is 30.2 Å². The monoisotopic (exact) mass is 459 g/mol. The van der Waals surface area contributed by atoms with Crippen LogP contribution in [0.1, 0.15) is 23.1 Å². The van der Waals surface area contributed by atoms with Crippen molar-refractivity contribution in [1.29, 1.82) is 0 Å². The maximum Gasteiger partial charge on any atom is 0.416 e. The number of aromatic amines is 1. The maximum absolute atomic E-state index is 12.7. The van der Waals surface area contributed by atoms with Crippen molar-refractivity contribution in [2.24, 2.45) is 5.73 Å². The molecular formula is C22H20F3N5O3. The quantitative estimate of drug-likeness (QED) is 0.336. The van der Waals surface area contributed by atoms with E-state index >= 15 is 0 Å². The van der Waals surface area contributed by atoms with E-state index in [1.165, 1.54) is 12.1 Å². The normalized spacial score (nSPS) is 13.7. The van der Waals surface area contributed by atoms with E-state index in [0.29, 0.717) is 0 Å². The van der Waals surface area contributed by atoms with Gasteiger partial charge in [-0.2, -0.15) is 18.2 Å². The zero-order chi connectivity index (χ0) is 23.6. The van der Waals surface area contributed by atoms with Crippen LogP contribution >= 0.6 is 0 Å². The Morgan fingerprint density at radius 3 is 2.61 bits per heavy atom. The highest BCUT2D eigenvalue weighted by Gasteiger charge is 2.30. The summed E-state index contributed by atoms with van der Waals surface area (Å²) in [6, 6.07) is 9.90. The second-order valence-corrected chi connectivity index (χ2v) is 7.45. The molecule has 0 spiro atoms. The number of hydrogen-bond donors (Lipinski definition) is 4. The Labute approximate surface area is 185 Å². The molecule has 172 valence electrons. The van der Waals surface area contributed by atoms with Crippen LogP contribution in [0.5, 0.6) is 0 Å². The van der Waals surface area contributed by atoms with E-state index in [1.54, 1.807) is 6.20 Å². The van der Waals surface area contributed by atoms with E-state index in [-0.39, 0.29) is 23.7 Å². The van der Waals surface area contributed by atoms with Crippen LogP contribution in [0, 0.1) is 0 Å². The Morgan fingerprint density at radius 1 is 1.18 bits per heavy atom. The second-order valence-electron chi connectivity index (χ2n) is 7.45. The van der Waals surface area contributed by atoms with E-state index in [4.69, 9.17) is 10.3 Å². The Balaban J connectivity index is 1.43. The van der Waals surface area contributed by atoms with E-state index < -0.39 is 36.3 Å². The van der Waals surface area contributed by atoms with Gasteiger partial charge >= 0.3 is 6.18 Å². The van der Waals surface area contributed by atoms with Crippen molar-refractivity contribution >= 4 is 16.8 Å². The van der Waals surface area contributed by atoms with E-state index in [9.17, 15) is 23.1 Å². The van der Waals surface area contributed by atoms with Crippen LogP contribution in [0.4, 0.5) is 13.2 Å². The number of para-hydroxylation sites is 1. The number of hydrogen-bond acceptors (Lipinski definition) is 6. The molecule has 0 aliphatic carbocycles. The van der Waals surface area contributed by atoms with Crippen molar-refractivity contribution in [3.8, 4) is 11.4 Å². The van der Waals surface area contributed by atoms with Gasteiger partial charge < -0.3 is 25.7 Å². The molecule has 0 bridgehead atoms. The lowest BCUT2D eigenvalue weighted by molar-refractivity contribution is -0.137. The number of carbonyl (C=O) groups is 1. The van der Waals surface area contributed by atoms with Gasteiger partial charge in [0.1, 0.15) is 6.04 Å². The summed E-state index contributed by atoms with van der Waals surface area (Å²) >= 11 is 0. The molecule has 0 aliphatic heterocycles. The number of amides is 1. The van der Waals surface area contributed by atoms with Gasteiger partial charge in [-0.15, -0.1) is 0 Å². The molecule has 0 radical (unpaired) electrons. The first-order valence-corrected chi connectivity index (χ1v) is 9.99. The number of halogens is 3. The van der Waals surface area contributed by atoms with Crippen LogP contribution in [0.15, 0.2) is 59.3 Å². The van der Waals surface area contributed by atoms with Crippen molar-refractivity contribution in [2.75, 3.05) is 6.61 Å². The fraction of sp³-hybridized carbons (Fsp3) is 0.227. The number of nitrogens with one attached hydrogen (secondary N) is 2. The van der Waals surface area contributed by atoms with E-state index in [1.807, 2.05) is 24.3 Å². The molecule has 2 aromatic carbocycles. The van der Waals surface area contributed by atoms with Crippen molar-refractivity contribution in [1.82, 2.24) is 20.4 Å². The SMILES string of the molecule is N[C@@H](Cc1c[nH]c2ccccc12)C(=O)N[C@@H](CO)c1nc(-c2ccc(C(F)(F)F)cc2)no1. The summed E-state index contributed by atoms with van der Waals surface area (Å²) in [6.07, 6.45) is -2.41. The predicted octanol–water partition coefficient (Wildman–Crippen LogP) is 2.96. The summed E-state index contributed by atoms with van der Waals surface area (Å²) in [5.74, 6) is -0.608. The summed E-state index contributed by atoms with van der Waals surface area (Å²) in [6.45, 7) is -0.541. The molecule has 0 saturated carbocycles. The van der Waals surface area contributed by atoms with Crippen LogP contribution in [0.25, 0.3) is 22.3 Å². The Morgan fingerprint density at radius 2 is 1.91 bits per heavy atom. The minimum atomic E-state index is -4.46. The van der Waals surface area contributed by atoms with Crippen LogP contribution in [-0.4, -0.2) is 38.8 Å². The minimum absolute atomic E-state index is 0.0227. The van der Waals surface area contributed by atoms with Crippen molar-refractivity contribution in [3.05, 3.63) is 71.7 Å². The van der Waals surface area contributed by atoms with Gasteiger partial charge in [0.05, 0.1) is 18.2 Å². The number of rotatable bonds is 7. The largest absolute Gasteiger partial charge is 0.416 e. The number of aliphatic hydroxyl groups is 1. The minimum Gasteiger partial charge on any atom is -0.394 e. The van der Waals surface area contributed by atoms with Gasteiger partial charge in [-0.3, -0.25) is 4.79 Å². The smallest absolute Gasteiger partial charge is 0.394 e. The molecule has 0 fully saturated rings. The molecule has 4 rings (SSSR count). The number of nitrogens with two attached hydrogens (primary N) is 1. The first-order chi connectivity index (χ1) is 15.8. The summed E-state index contributed by atoms with van der Waals surface area (Å²) in [5.41, 5.74) is 7.34. The summed E-state index contributed by atoms with van der Waals surface area (Å²) in [4.78, 5) is 19.8. The van der Waals surface area contributed by atoms with E-state index in [0.717, 1.165) is 28.6 Å². The third-order valence-corrected chi connectivity index (χ3v) is 5.16. The third-order valence-electron chi connectivity index (χ3n) is 5.16. The van der Waals surface area contributed by atoms with Gasteiger partial charge in [0, 0.05) is 22.7 Å². The van der Waals surface area contributed by atoms with Crippen molar-refractivity contribution < 1.29 is 27.6 Å². The summed E-state index contributed by atoms with van der Waals surface area (Å²) in [5, 5.41) is 17.0. The van der Waals surface area contributed by atoms with Gasteiger partial charge in [0.2, 0.25) is 11.7 Å². The average Bonchev–Trinajstić information content (AvgIpc) is 3.45. The number of benzene rings is 2. The number of carbonyl (C=O) groups excluding carboxylic acids is 1. The number of aromatic nitrogens is 3. The first-order valence-electron chi connectivity index (χ1n) is 9.99. The molecule has 4 aromatic rings. The third kappa shape index (κ3) is 4.89. The molecule has 1 amide bonds. The number of alkyl halides is 3. The molecule has 8 nitrogen and oxygen atoms in total. The fourth-order valence-corrected chi connectivity index (χ4v) is 3.40. The molecule has 33 heavy (non-hydrogen) atoms. The number of nitrogens with zero attached hydrogens (tertiary/aromatic N) is 2. The lowest BCUT2D eigenvalue weighted by Gasteiger charge is -2.16. The number of H-pyrrole nitrogens is 1. The molecule has 2 atom stereocenters. The van der Waals surface area contributed by atoms with Gasteiger partial charge in [-0.1, -0.05) is 35.5 Å². The summed E-state index contributed by atoms with van der Waals surface area (Å²) in [7, 11) is 0. The van der Waals surface area contributed by atoms with Gasteiger partial charge in [0.15, 0.2) is 0 Å². The van der Waals surface area contributed by atoms with Gasteiger partial charge in [0.25, 0.3) is 5.89 Å². The Bertz CT molecular complexity index is 1250. The lowest BCUT2D eigenvalue weighted by Crippen LogP contribution is -2.44. The molecule has 2 heterocycles. The molecule has 0 aliphatic rings.